The Morgan fingerprint density at radius 1 is 1.56 bits per heavy atom. The molecule has 1 aromatic heterocycles. The van der Waals surface area contributed by atoms with E-state index in [2.05, 4.69) is 26.0 Å². The maximum atomic E-state index is 11.4. The fraction of sp³-hybridized carbons (Fsp3) is 0.500. The van der Waals surface area contributed by atoms with Crippen LogP contribution in [0.4, 0.5) is 11.8 Å². The summed E-state index contributed by atoms with van der Waals surface area (Å²) in [5.41, 5.74) is 3.18. The third kappa shape index (κ3) is 4.52. The number of aromatic nitrogens is 2. The van der Waals surface area contributed by atoms with Gasteiger partial charge in [-0.15, -0.1) is 0 Å². The Balaban J connectivity index is 2.45. The van der Waals surface area contributed by atoms with E-state index in [0.717, 1.165) is 5.56 Å². The van der Waals surface area contributed by atoms with Gasteiger partial charge < -0.3 is 15.4 Å². The smallest absolute Gasteiger partial charge is 0.239 e. The van der Waals surface area contributed by atoms with Crippen molar-refractivity contribution in [2.75, 3.05) is 37.5 Å². The average molecular weight is 254 g/mol. The van der Waals surface area contributed by atoms with Gasteiger partial charge >= 0.3 is 0 Å². The molecule has 100 valence electrons. The van der Waals surface area contributed by atoms with Crippen molar-refractivity contribution < 1.29 is 9.53 Å². The van der Waals surface area contributed by atoms with Crippen LogP contribution in [0.25, 0.3) is 0 Å². The number of hydrazine groups is 1. The van der Waals surface area contributed by atoms with E-state index < -0.39 is 0 Å². The minimum Gasteiger partial charge on any atom is -0.383 e. The minimum absolute atomic E-state index is 0.131. The number of nitrogens with one attached hydrogen (secondary N) is 3. The van der Waals surface area contributed by atoms with Gasteiger partial charge in [-0.05, 0) is 6.92 Å². The van der Waals surface area contributed by atoms with Crippen LogP contribution in [-0.4, -0.2) is 42.7 Å². The number of aryl methyl sites for hydroxylation is 1. The molecule has 8 nitrogen and oxygen atoms in total. The number of ether oxygens (including phenoxy) is 1. The molecule has 0 radical (unpaired) electrons. The molecule has 8 heteroatoms. The fourth-order valence-electron chi connectivity index (χ4n) is 1.21. The number of carbonyl (C=O) groups excluding carboxylic acids is 1. The summed E-state index contributed by atoms with van der Waals surface area (Å²) in [4.78, 5) is 19.5. The van der Waals surface area contributed by atoms with Crippen LogP contribution in [-0.2, 0) is 9.53 Å². The van der Waals surface area contributed by atoms with E-state index >= 15 is 0 Å². The molecule has 1 heterocycles. The molecule has 0 aliphatic carbocycles. The van der Waals surface area contributed by atoms with Gasteiger partial charge in [-0.3, -0.25) is 10.2 Å². The molecule has 18 heavy (non-hydrogen) atoms. The molecule has 0 unspecified atom stereocenters. The summed E-state index contributed by atoms with van der Waals surface area (Å²) in [6, 6.07) is 0. The van der Waals surface area contributed by atoms with E-state index in [1.807, 2.05) is 6.92 Å². The summed E-state index contributed by atoms with van der Waals surface area (Å²) in [5.74, 6) is 5.94. The molecule has 1 aromatic rings. The number of methoxy groups -OCH3 is 1. The molecule has 0 saturated heterocycles. The molecule has 0 aromatic carbocycles. The Kier molecular flexibility index (Phi) is 5.81. The number of nitrogens with zero attached hydrogens (tertiary/aromatic N) is 2. The molecule has 1 rings (SSSR count). The van der Waals surface area contributed by atoms with Gasteiger partial charge in [-0.1, -0.05) is 0 Å². The van der Waals surface area contributed by atoms with Crippen LogP contribution in [0.3, 0.4) is 0 Å². The normalized spacial score (nSPS) is 9.94. The van der Waals surface area contributed by atoms with Crippen LogP contribution in [0.15, 0.2) is 6.20 Å². The second kappa shape index (κ2) is 7.41. The second-order valence-electron chi connectivity index (χ2n) is 3.57. The predicted molar refractivity (Wildman–Crippen MR) is 68.0 cm³/mol. The lowest BCUT2D eigenvalue weighted by Crippen LogP contribution is -2.32. The zero-order chi connectivity index (χ0) is 13.4. The summed E-state index contributed by atoms with van der Waals surface area (Å²) >= 11 is 0. The first kappa shape index (κ1) is 14.1. The standard InChI is InChI=1S/C10H18N6O2/c1-7-5-14-10(16-11)15-9(7)13-6-8(17)12-3-4-18-2/h5H,3-4,6,11H2,1-2H3,(H,12,17)(H2,13,14,15,16). The van der Waals surface area contributed by atoms with Crippen LogP contribution in [0.2, 0.25) is 0 Å². The van der Waals surface area contributed by atoms with E-state index in [-0.39, 0.29) is 12.5 Å². The summed E-state index contributed by atoms with van der Waals surface area (Å²) in [6.07, 6.45) is 1.62. The Labute approximate surface area is 105 Å². The quantitative estimate of drug-likeness (QED) is 0.287. The van der Waals surface area contributed by atoms with Gasteiger partial charge in [-0.2, -0.15) is 4.98 Å². The van der Waals surface area contributed by atoms with Crippen molar-refractivity contribution in [2.24, 2.45) is 5.84 Å². The van der Waals surface area contributed by atoms with Gasteiger partial charge in [0, 0.05) is 25.4 Å². The summed E-state index contributed by atoms with van der Waals surface area (Å²) in [6.45, 7) is 2.94. The molecule has 0 aliphatic rings. The maximum Gasteiger partial charge on any atom is 0.239 e. The molecular weight excluding hydrogens is 236 g/mol. The van der Waals surface area contributed by atoms with Gasteiger partial charge in [0.25, 0.3) is 0 Å². The fourth-order valence-corrected chi connectivity index (χ4v) is 1.21. The highest BCUT2D eigenvalue weighted by Crippen LogP contribution is 2.11. The Hall–Kier alpha value is -1.93. The largest absolute Gasteiger partial charge is 0.383 e. The molecule has 5 N–H and O–H groups in total. The number of nitrogens with two attached hydrogens (primary N) is 1. The van der Waals surface area contributed by atoms with E-state index in [1.165, 1.54) is 0 Å². The monoisotopic (exact) mass is 254 g/mol. The van der Waals surface area contributed by atoms with E-state index in [1.54, 1.807) is 13.3 Å². The van der Waals surface area contributed by atoms with Gasteiger partial charge in [0.05, 0.1) is 13.2 Å². The number of nitrogen functional groups attached to an aromatic ring is 1. The van der Waals surface area contributed by atoms with Crippen LogP contribution in [0.5, 0.6) is 0 Å². The first-order chi connectivity index (χ1) is 8.67. The SMILES string of the molecule is COCCNC(=O)CNc1nc(NN)ncc1C. The van der Waals surface area contributed by atoms with Crippen molar-refractivity contribution in [3.05, 3.63) is 11.8 Å². The highest BCUT2D eigenvalue weighted by atomic mass is 16.5. The van der Waals surface area contributed by atoms with Crippen molar-refractivity contribution in [3.8, 4) is 0 Å². The number of amides is 1. The molecule has 0 fully saturated rings. The molecule has 0 spiro atoms. The van der Waals surface area contributed by atoms with Crippen LogP contribution in [0.1, 0.15) is 5.56 Å². The molecule has 0 atom stereocenters. The van der Waals surface area contributed by atoms with E-state index in [9.17, 15) is 4.79 Å². The lowest BCUT2D eigenvalue weighted by Gasteiger charge is -2.09. The number of rotatable bonds is 7. The lowest BCUT2D eigenvalue weighted by atomic mass is 10.3. The van der Waals surface area contributed by atoms with Crippen molar-refractivity contribution >= 4 is 17.7 Å². The molecule has 0 saturated carbocycles. The Bertz CT molecular complexity index is 398. The number of anilines is 2. The van der Waals surface area contributed by atoms with Crippen LogP contribution >= 0.6 is 0 Å². The topological polar surface area (TPSA) is 114 Å². The molecular formula is C10H18N6O2. The first-order valence-electron chi connectivity index (χ1n) is 5.47. The Morgan fingerprint density at radius 2 is 2.33 bits per heavy atom. The first-order valence-corrected chi connectivity index (χ1v) is 5.47. The maximum absolute atomic E-state index is 11.4. The van der Waals surface area contributed by atoms with Crippen molar-refractivity contribution in [3.63, 3.8) is 0 Å². The zero-order valence-electron chi connectivity index (χ0n) is 10.5. The summed E-state index contributed by atoms with van der Waals surface area (Å²) < 4.78 is 4.83. The summed E-state index contributed by atoms with van der Waals surface area (Å²) in [7, 11) is 1.58. The highest BCUT2D eigenvalue weighted by Gasteiger charge is 2.05. The second-order valence-corrected chi connectivity index (χ2v) is 3.57. The van der Waals surface area contributed by atoms with E-state index in [4.69, 9.17) is 10.6 Å². The van der Waals surface area contributed by atoms with Crippen molar-refractivity contribution in [1.29, 1.82) is 0 Å². The van der Waals surface area contributed by atoms with Gasteiger partial charge in [0.2, 0.25) is 11.9 Å². The number of hydrogen-bond acceptors (Lipinski definition) is 7. The summed E-state index contributed by atoms with van der Waals surface area (Å²) in [5, 5.41) is 5.61. The van der Waals surface area contributed by atoms with Crippen LogP contribution < -0.4 is 21.9 Å². The third-order valence-electron chi connectivity index (χ3n) is 2.15. The van der Waals surface area contributed by atoms with E-state index in [0.29, 0.717) is 24.9 Å². The number of hydrogen-bond donors (Lipinski definition) is 4. The van der Waals surface area contributed by atoms with Crippen LogP contribution in [0, 0.1) is 6.92 Å². The average Bonchev–Trinajstić information content (AvgIpc) is 2.38. The van der Waals surface area contributed by atoms with Gasteiger partial charge in [0.1, 0.15) is 5.82 Å². The molecule has 0 bridgehead atoms. The molecule has 1 amide bonds. The number of carbonyl (C=O) groups is 1. The van der Waals surface area contributed by atoms with Crippen molar-refractivity contribution in [1.82, 2.24) is 15.3 Å². The van der Waals surface area contributed by atoms with Gasteiger partial charge in [0.15, 0.2) is 0 Å². The minimum atomic E-state index is -0.132. The molecule has 0 aliphatic heterocycles. The highest BCUT2D eigenvalue weighted by molar-refractivity contribution is 5.80. The predicted octanol–water partition coefficient (Wildman–Crippen LogP) is -0.755. The lowest BCUT2D eigenvalue weighted by molar-refractivity contribution is -0.119. The van der Waals surface area contributed by atoms with Crippen molar-refractivity contribution in [2.45, 2.75) is 6.92 Å². The van der Waals surface area contributed by atoms with Gasteiger partial charge in [-0.25, -0.2) is 10.8 Å². The Morgan fingerprint density at radius 3 is 3.00 bits per heavy atom. The third-order valence-corrected chi connectivity index (χ3v) is 2.15. The zero-order valence-corrected chi connectivity index (χ0v) is 10.5.